The van der Waals surface area contributed by atoms with Crippen LogP contribution in [0, 0.1) is 6.92 Å². The number of Topliss-reactive ketones (excluding diaryl/α,β-unsaturated/α-hetero) is 1. The zero-order valence-corrected chi connectivity index (χ0v) is 32.2. The van der Waals surface area contributed by atoms with Crippen LogP contribution in [0.4, 0.5) is 0 Å². The van der Waals surface area contributed by atoms with E-state index in [2.05, 4.69) is 17.7 Å². The van der Waals surface area contributed by atoms with Gasteiger partial charge in [-0.05, 0) is 91.2 Å². The number of allylic oxidation sites excluding steroid dienone is 2. The minimum atomic E-state index is -0.657. The van der Waals surface area contributed by atoms with Crippen molar-refractivity contribution in [2.45, 2.75) is 104 Å². The molecule has 0 saturated heterocycles. The highest BCUT2D eigenvalue weighted by Crippen LogP contribution is 2.47. The summed E-state index contributed by atoms with van der Waals surface area (Å²) in [6.45, 7) is 11.6. The summed E-state index contributed by atoms with van der Waals surface area (Å²) in [5.41, 5.74) is 4.03. The zero-order valence-electron chi connectivity index (χ0n) is 32.2. The minimum absolute atomic E-state index is 0.0707. The van der Waals surface area contributed by atoms with Gasteiger partial charge in [-0.2, -0.15) is 0 Å². The van der Waals surface area contributed by atoms with E-state index in [9.17, 15) is 14.4 Å². The number of ketones is 1. The zero-order chi connectivity index (χ0) is 37.9. The third kappa shape index (κ3) is 11.2. The number of carbonyl (C=O) groups is 3. The van der Waals surface area contributed by atoms with Gasteiger partial charge in [-0.15, -0.1) is 0 Å². The van der Waals surface area contributed by atoms with Crippen molar-refractivity contribution < 1.29 is 52.3 Å². The molecule has 0 N–H and O–H groups in total. The molecular weight excluding hydrogens is 656 g/mol. The van der Waals surface area contributed by atoms with Crippen molar-refractivity contribution in [2.24, 2.45) is 0 Å². The predicted molar refractivity (Wildman–Crippen MR) is 193 cm³/mol. The van der Waals surface area contributed by atoms with Gasteiger partial charge in [0.15, 0.2) is 5.78 Å². The van der Waals surface area contributed by atoms with Crippen LogP contribution in [0.25, 0.3) is 0 Å². The first-order valence-corrected chi connectivity index (χ1v) is 17.3. The van der Waals surface area contributed by atoms with Crippen LogP contribution in [0.15, 0.2) is 29.8 Å². The number of carbonyl (C=O) groups excluding carboxylic acids is 3. The Bertz CT molecular complexity index is 1570. The number of aryl methyl sites for hydroxylation is 1. The predicted octanol–water partition coefficient (Wildman–Crippen LogP) is 7.26. The molecule has 1 atom stereocenters. The van der Waals surface area contributed by atoms with Crippen LogP contribution in [0.1, 0.15) is 105 Å². The molecule has 1 aliphatic heterocycles. The Morgan fingerprint density at radius 3 is 2.04 bits per heavy atom. The number of esters is 2. The summed E-state index contributed by atoms with van der Waals surface area (Å²) in [6, 6.07) is 5.76. The van der Waals surface area contributed by atoms with Gasteiger partial charge in [0.1, 0.15) is 47.9 Å². The number of hydrogen-bond donors (Lipinski definition) is 0. The summed E-state index contributed by atoms with van der Waals surface area (Å²) in [6.07, 6.45) is 5.85. The molecule has 11 heteroatoms. The molecule has 0 aromatic heterocycles. The van der Waals surface area contributed by atoms with Crippen LogP contribution in [-0.4, -0.2) is 77.7 Å². The molecule has 11 nitrogen and oxygen atoms in total. The summed E-state index contributed by atoms with van der Waals surface area (Å²) < 4.78 is 45.1. The van der Waals surface area contributed by atoms with Gasteiger partial charge >= 0.3 is 11.9 Å². The molecule has 0 amide bonds. The number of fused-ring (bicyclic) bond motifs is 1. The van der Waals surface area contributed by atoms with Crippen LogP contribution >= 0.6 is 0 Å². The van der Waals surface area contributed by atoms with E-state index in [0.29, 0.717) is 42.1 Å². The Morgan fingerprint density at radius 1 is 0.863 bits per heavy atom. The van der Waals surface area contributed by atoms with Crippen molar-refractivity contribution in [2.75, 3.05) is 48.8 Å². The Balaban J connectivity index is 1.86. The van der Waals surface area contributed by atoms with E-state index in [-0.39, 0.29) is 25.4 Å². The number of benzene rings is 2. The van der Waals surface area contributed by atoms with E-state index in [1.165, 1.54) is 26.9 Å². The maximum absolute atomic E-state index is 14.0. The Labute approximate surface area is 302 Å². The molecule has 0 spiro atoms. The van der Waals surface area contributed by atoms with E-state index in [0.717, 1.165) is 47.3 Å². The molecule has 0 fully saturated rings. The van der Waals surface area contributed by atoms with E-state index in [1.54, 1.807) is 20.3 Å². The van der Waals surface area contributed by atoms with E-state index in [1.807, 2.05) is 46.8 Å². The quantitative estimate of drug-likeness (QED) is 0.108. The third-order valence-electron chi connectivity index (χ3n) is 9.29. The van der Waals surface area contributed by atoms with Crippen molar-refractivity contribution in [1.29, 1.82) is 0 Å². The fourth-order valence-electron chi connectivity index (χ4n) is 6.22. The van der Waals surface area contributed by atoms with Gasteiger partial charge in [0.2, 0.25) is 0 Å². The Kier molecular flexibility index (Phi) is 14.9. The molecule has 1 unspecified atom stereocenters. The molecule has 3 rings (SSSR count). The van der Waals surface area contributed by atoms with Gasteiger partial charge in [0, 0.05) is 17.2 Å². The summed E-state index contributed by atoms with van der Waals surface area (Å²) in [4.78, 5) is 37.1. The highest BCUT2D eigenvalue weighted by molar-refractivity contribution is 6.03. The topological polar surface area (TPSA) is 125 Å². The first kappa shape index (κ1) is 41.3. The molecule has 2 aromatic rings. The highest BCUT2D eigenvalue weighted by Gasteiger charge is 2.35. The average Bonchev–Trinajstić information content (AvgIpc) is 3.10. The van der Waals surface area contributed by atoms with E-state index in [4.69, 9.17) is 33.2 Å². The molecule has 1 aliphatic rings. The highest BCUT2D eigenvalue weighted by atomic mass is 16.6. The SMILES string of the molecule is COC(=O)COC(C)(C)CCC/C(C)=C/Cc1c(C2CC(=O)c3c(cc(OC)c(CCC(C)(C)OCC(=O)OC)c3OC)O2)ccc(C)c1OC. The van der Waals surface area contributed by atoms with Gasteiger partial charge < -0.3 is 37.9 Å². The van der Waals surface area contributed by atoms with Gasteiger partial charge in [-0.25, -0.2) is 9.59 Å². The van der Waals surface area contributed by atoms with Crippen molar-refractivity contribution >= 4 is 17.7 Å². The first-order chi connectivity index (χ1) is 24.1. The molecule has 1 heterocycles. The summed E-state index contributed by atoms with van der Waals surface area (Å²) in [7, 11) is 7.43. The van der Waals surface area contributed by atoms with Crippen LogP contribution in [0.5, 0.6) is 23.0 Å². The second-order valence-electron chi connectivity index (χ2n) is 14.0. The second-order valence-corrected chi connectivity index (χ2v) is 14.0. The third-order valence-corrected chi connectivity index (χ3v) is 9.29. The van der Waals surface area contributed by atoms with Crippen molar-refractivity contribution in [3.8, 4) is 23.0 Å². The average molecular weight is 713 g/mol. The van der Waals surface area contributed by atoms with Gasteiger partial charge in [0.25, 0.3) is 0 Å². The summed E-state index contributed by atoms with van der Waals surface area (Å²) >= 11 is 0. The number of methoxy groups -OCH3 is 5. The standard InChI is InChI=1S/C40H56O11/c1-25(13-12-19-39(3,4)49-23-34(42)45-8)14-16-28-27(17-15-26(2)37(28)47-10)32-21-30(41)36-33(51-32)22-31(44-7)29(38(36)48-11)18-20-40(5,6)50-24-35(43)46-9/h14-15,17,22,32H,12-13,16,18-21,23-24H2,1-11H3/b25-14+. The maximum atomic E-state index is 14.0. The first-order valence-electron chi connectivity index (χ1n) is 17.3. The largest absolute Gasteiger partial charge is 0.496 e. The molecule has 0 aliphatic carbocycles. The Hall–Kier alpha value is -4.09. The lowest BCUT2D eigenvalue weighted by atomic mass is 9.88. The van der Waals surface area contributed by atoms with Gasteiger partial charge in [0.05, 0.1) is 53.2 Å². The Morgan fingerprint density at radius 2 is 1.47 bits per heavy atom. The van der Waals surface area contributed by atoms with E-state index >= 15 is 0 Å². The molecule has 51 heavy (non-hydrogen) atoms. The summed E-state index contributed by atoms with van der Waals surface area (Å²) in [5.74, 6) is 1.15. The smallest absolute Gasteiger partial charge is 0.331 e. The van der Waals surface area contributed by atoms with Crippen LogP contribution in [-0.2, 0) is 41.4 Å². The van der Waals surface area contributed by atoms with Crippen LogP contribution < -0.4 is 18.9 Å². The minimum Gasteiger partial charge on any atom is -0.496 e. The monoisotopic (exact) mass is 712 g/mol. The lowest BCUT2D eigenvalue weighted by molar-refractivity contribution is -0.152. The van der Waals surface area contributed by atoms with Crippen molar-refractivity contribution in [3.63, 3.8) is 0 Å². The fourth-order valence-corrected chi connectivity index (χ4v) is 6.22. The van der Waals surface area contributed by atoms with Crippen molar-refractivity contribution in [1.82, 2.24) is 0 Å². The van der Waals surface area contributed by atoms with Crippen molar-refractivity contribution in [3.05, 3.63) is 57.7 Å². The number of hydrogen-bond acceptors (Lipinski definition) is 11. The normalized spacial score (nSPS) is 14.8. The summed E-state index contributed by atoms with van der Waals surface area (Å²) in [5, 5.41) is 0. The fraction of sp³-hybridized carbons (Fsp3) is 0.575. The lowest BCUT2D eigenvalue weighted by Gasteiger charge is -2.31. The second kappa shape index (κ2) is 18.4. The van der Waals surface area contributed by atoms with Gasteiger partial charge in [-0.3, -0.25) is 4.79 Å². The van der Waals surface area contributed by atoms with Gasteiger partial charge in [-0.1, -0.05) is 23.8 Å². The van der Waals surface area contributed by atoms with E-state index < -0.39 is 29.2 Å². The molecular formula is C40H56O11. The molecule has 0 saturated carbocycles. The number of ether oxygens (including phenoxy) is 8. The molecule has 0 bridgehead atoms. The maximum Gasteiger partial charge on any atom is 0.331 e. The van der Waals surface area contributed by atoms with Crippen LogP contribution in [0.3, 0.4) is 0 Å². The molecule has 282 valence electrons. The number of rotatable bonds is 19. The molecule has 2 aromatic carbocycles. The molecule has 0 radical (unpaired) electrons. The van der Waals surface area contributed by atoms with Crippen LogP contribution in [0.2, 0.25) is 0 Å². The lowest BCUT2D eigenvalue weighted by Crippen LogP contribution is -2.29.